The minimum absolute atomic E-state index is 0.0144. The normalized spacial score (nSPS) is 11.3. The topological polar surface area (TPSA) is 98.0 Å². The Morgan fingerprint density at radius 1 is 1.57 bits per heavy atom. The van der Waals surface area contributed by atoms with Gasteiger partial charge < -0.3 is 11.1 Å². The van der Waals surface area contributed by atoms with Crippen molar-refractivity contribution in [1.29, 1.82) is 0 Å². The van der Waals surface area contributed by atoms with Gasteiger partial charge in [0.05, 0.1) is 11.9 Å². The lowest BCUT2D eigenvalue weighted by Crippen LogP contribution is -2.10. The summed E-state index contributed by atoms with van der Waals surface area (Å²) in [7, 11) is -1.70. The van der Waals surface area contributed by atoms with Gasteiger partial charge in [0.2, 0.25) is 5.95 Å². The molecule has 1 aromatic heterocycles. The maximum atomic E-state index is 11.4. The van der Waals surface area contributed by atoms with E-state index in [1.807, 2.05) is 0 Å². The van der Waals surface area contributed by atoms with E-state index in [9.17, 15) is 8.42 Å². The van der Waals surface area contributed by atoms with Crippen LogP contribution in [0, 0.1) is 0 Å². The number of hydrogen-bond donors (Lipinski definition) is 2. The summed E-state index contributed by atoms with van der Waals surface area (Å²) >= 11 is 0. The van der Waals surface area contributed by atoms with Gasteiger partial charge in [-0.2, -0.15) is 4.98 Å². The smallest absolute Gasteiger partial charge is 0.224 e. The van der Waals surface area contributed by atoms with Crippen LogP contribution in [0.4, 0.5) is 11.8 Å². The summed E-state index contributed by atoms with van der Waals surface area (Å²) in [5.41, 5.74) is 5.49. The summed E-state index contributed by atoms with van der Waals surface area (Å²) in [6.07, 6.45) is 1.22. The van der Waals surface area contributed by atoms with Crippen LogP contribution in [0.25, 0.3) is 0 Å². The molecule has 6 nitrogen and oxygen atoms in total. The van der Waals surface area contributed by atoms with E-state index in [4.69, 9.17) is 5.73 Å². The van der Waals surface area contributed by atoms with Crippen LogP contribution in [0.2, 0.25) is 0 Å². The van der Waals surface area contributed by atoms with Crippen LogP contribution in [0.3, 0.4) is 0 Å². The zero-order chi connectivity index (χ0) is 10.8. The molecule has 0 atom stereocenters. The van der Waals surface area contributed by atoms with E-state index in [-0.39, 0.29) is 16.5 Å². The predicted octanol–water partition coefficient (Wildman–Crippen LogP) is -0.106. The molecule has 0 saturated heterocycles. The summed E-state index contributed by atoms with van der Waals surface area (Å²) in [6.45, 7) is 1.54. The summed E-state index contributed by atoms with van der Waals surface area (Å²) in [4.78, 5) is 7.56. The van der Waals surface area contributed by atoms with Crippen molar-refractivity contribution >= 4 is 21.6 Å². The van der Waals surface area contributed by atoms with Crippen LogP contribution in [0.5, 0.6) is 0 Å². The monoisotopic (exact) mass is 216 g/mol. The van der Waals surface area contributed by atoms with Crippen molar-refractivity contribution < 1.29 is 8.42 Å². The van der Waals surface area contributed by atoms with E-state index in [0.717, 1.165) is 0 Å². The van der Waals surface area contributed by atoms with Crippen LogP contribution < -0.4 is 11.1 Å². The van der Waals surface area contributed by atoms with E-state index < -0.39 is 9.84 Å². The molecule has 0 unspecified atom stereocenters. The number of nitrogen functional groups attached to an aromatic ring is 1. The first-order chi connectivity index (χ1) is 6.51. The van der Waals surface area contributed by atoms with Gasteiger partial charge in [0.1, 0.15) is 10.7 Å². The van der Waals surface area contributed by atoms with E-state index >= 15 is 0 Å². The highest BCUT2D eigenvalue weighted by atomic mass is 32.2. The summed E-state index contributed by atoms with van der Waals surface area (Å²) in [5.74, 6) is 0.267. The fraction of sp³-hybridized carbons (Fsp3) is 0.429. The lowest BCUT2D eigenvalue weighted by atomic mass is 10.6. The molecule has 1 rings (SSSR count). The van der Waals surface area contributed by atoms with Gasteiger partial charge in [0.15, 0.2) is 9.84 Å². The van der Waals surface area contributed by atoms with Gasteiger partial charge in [0.25, 0.3) is 0 Å². The van der Waals surface area contributed by atoms with Crippen molar-refractivity contribution in [2.75, 3.05) is 23.9 Å². The fourth-order valence-electron chi connectivity index (χ4n) is 0.900. The molecule has 0 aliphatic heterocycles. The largest absolute Gasteiger partial charge is 0.382 e. The highest BCUT2D eigenvalue weighted by Crippen LogP contribution is 2.17. The molecule has 78 valence electrons. The predicted molar refractivity (Wildman–Crippen MR) is 53.7 cm³/mol. The Bertz CT molecular complexity index is 429. The first-order valence-corrected chi connectivity index (χ1v) is 5.69. The standard InChI is InChI=1S/C7H12N4O2S/c1-3-14(12,13)5-4-10-7(9-2)11-6(5)8/h4H,3H2,1-2H3,(H3,8,9,10,11). The molecule has 14 heavy (non-hydrogen) atoms. The number of nitrogens with two attached hydrogens (primary N) is 1. The van der Waals surface area contributed by atoms with E-state index in [2.05, 4.69) is 15.3 Å². The second-order valence-electron chi connectivity index (χ2n) is 2.60. The maximum Gasteiger partial charge on any atom is 0.224 e. The molecule has 0 fully saturated rings. The third-order valence-electron chi connectivity index (χ3n) is 1.72. The minimum Gasteiger partial charge on any atom is -0.382 e. The van der Waals surface area contributed by atoms with Crippen LogP contribution in [-0.2, 0) is 9.84 Å². The molecule has 0 amide bonds. The Kier molecular flexibility index (Phi) is 2.90. The maximum absolute atomic E-state index is 11.4. The summed E-state index contributed by atoms with van der Waals surface area (Å²) in [6, 6.07) is 0. The second kappa shape index (κ2) is 3.79. The highest BCUT2D eigenvalue weighted by Gasteiger charge is 2.17. The van der Waals surface area contributed by atoms with Crippen molar-refractivity contribution in [1.82, 2.24) is 9.97 Å². The van der Waals surface area contributed by atoms with Crippen molar-refractivity contribution in [3.05, 3.63) is 6.20 Å². The average molecular weight is 216 g/mol. The first kappa shape index (κ1) is 10.7. The Labute approximate surface area is 82.5 Å². The summed E-state index contributed by atoms with van der Waals surface area (Å²) in [5, 5.41) is 2.67. The quantitative estimate of drug-likeness (QED) is 0.731. The van der Waals surface area contributed by atoms with Gasteiger partial charge in [0, 0.05) is 7.05 Å². The zero-order valence-corrected chi connectivity index (χ0v) is 8.80. The van der Waals surface area contributed by atoms with Crippen LogP contribution in [-0.4, -0.2) is 31.2 Å². The number of anilines is 2. The molecule has 0 spiro atoms. The van der Waals surface area contributed by atoms with Crippen LogP contribution >= 0.6 is 0 Å². The zero-order valence-electron chi connectivity index (χ0n) is 7.98. The number of aromatic nitrogens is 2. The SMILES string of the molecule is CCS(=O)(=O)c1cnc(NC)nc1N. The summed E-state index contributed by atoms with van der Waals surface area (Å²) < 4.78 is 22.9. The number of rotatable bonds is 3. The van der Waals surface area contributed by atoms with Crippen molar-refractivity contribution in [2.24, 2.45) is 0 Å². The molecule has 3 N–H and O–H groups in total. The Hall–Kier alpha value is -1.37. The molecule has 0 aliphatic carbocycles. The van der Waals surface area contributed by atoms with Gasteiger partial charge in [-0.05, 0) is 0 Å². The minimum atomic E-state index is -3.33. The van der Waals surface area contributed by atoms with E-state index in [0.29, 0.717) is 5.95 Å². The van der Waals surface area contributed by atoms with Gasteiger partial charge in [-0.25, -0.2) is 13.4 Å². The van der Waals surface area contributed by atoms with Gasteiger partial charge in [-0.1, -0.05) is 6.92 Å². The number of hydrogen-bond acceptors (Lipinski definition) is 6. The molecule has 7 heteroatoms. The molecule has 0 bridgehead atoms. The molecule has 0 radical (unpaired) electrons. The van der Waals surface area contributed by atoms with Gasteiger partial charge in [-0.15, -0.1) is 0 Å². The van der Waals surface area contributed by atoms with Crippen LogP contribution in [0.15, 0.2) is 11.1 Å². The first-order valence-electron chi connectivity index (χ1n) is 4.04. The third-order valence-corrected chi connectivity index (χ3v) is 3.47. The molecule has 1 aromatic rings. The van der Waals surface area contributed by atoms with Gasteiger partial charge in [-0.3, -0.25) is 0 Å². The Morgan fingerprint density at radius 3 is 2.64 bits per heavy atom. The van der Waals surface area contributed by atoms with Crippen molar-refractivity contribution in [3.63, 3.8) is 0 Å². The average Bonchev–Trinajstić information content (AvgIpc) is 2.17. The van der Waals surface area contributed by atoms with Gasteiger partial charge >= 0.3 is 0 Å². The molecule has 1 heterocycles. The highest BCUT2D eigenvalue weighted by molar-refractivity contribution is 7.91. The number of sulfone groups is 1. The van der Waals surface area contributed by atoms with E-state index in [1.165, 1.54) is 6.20 Å². The fourth-order valence-corrected chi connectivity index (χ4v) is 1.79. The van der Waals surface area contributed by atoms with Crippen molar-refractivity contribution in [3.8, 4) is 0 Å². The Morgan fingerprint density at radius 2 is 2.21 bits per heavy atom. The molecule has 0 saturated carbocycles. The molecular weight excluding hydrogens is 204 g/mol. The number of nitrogens with one attached hydrogen (secondary N) is 1. The number of nitrogens with zero attached hydrogens (tertiary/aromatic N) is 2. The third kappa shape index (κ3) is 1.92. The lowest BCUT2D eigenvalue weighted by molar-refractivity contribution is 0.597. The van der Waals surface area contributed by atoms with Crippen LogP contribution in [0.1, 0.15) is 6.92 Å². The second-order valence-corrected chi connectivity index (χ2v) is 4.84. The van der Waals surface area contributed by atoms with E-state index in [1.54, 1.807) is 14.0 Å². The Balaban J connectivity index is 3.26. The molecule has 0 aliphatic rings. The molecular formula is C7H12N4O2S. The lowest BCUT2D eigenvalue weighted by Gasteiger charge is -2.05. The van der Waals surface area contributed by atoms with Crippen molar-refractivity contribution in [2.45, 2.75) is 11.8 Å². The molecule has 0 aromatic carbocycles.